The number of amides is 3. The van der Waals surface area contributed by atoms with Gasteiger partial charge in [0.2, 0.25) is 0 Å². The molecule has 0 radical (unpaired) electrons. The van der Waals surface area contributed by atoms with Crippen molar-refractivity contribution in [1.82, 2.24) is 16.0 Å². The van der Waals surface area contributed by atoms with Gasteiger partial charge >= 0.3 is 6.03 Å². The van der Waals surface area contributed by atoms with Gasteiger partial charge in [0.1, 0.15) is 5.82 Å². The molecule has 2 fully saturated rings. The molecule has 1 aromatic carbocycles. The van der Waals surface area contributed by atoms with Gasteiger partial charge in [-0.15, -0.1) is 0 Å². The zero-order chi connectivity index (χ0) is 18.4. The van der Waals surface area contributed by atoms with Crippen LogP contribution >= 0.6 is 0 Å². The van der Waals surface area contributed by atoms with Gasteiger partial charge in [0.05, 0.1) is 0 Å². The van der Waals surface area contributed by atoms with Crippen LogP contribution in [0.2, 0.25) is 0 Å². The first-order chi connectivity index (χ1) is 12.6. The molecule has 0 spiro atoms. The van der Waals surface area contributed by atoms with E-state index in [1.165, 1.54) is 37.1 Å². The maximum absolute atomic E-state index is 12.9. The zero-order valence-corrected chi connectivity index (χ0v) is 15.1. The topological polar surface area (TPSA) is 70.2 Å². The summed E-state index contributed by atoms with van der Waals surface area (Å²) in [4.78, 5) is 23.8. The summed E-state index contributed by atoms with van der Waals surface area (Å²) in [5.41, 5.74) is 0.487. The van der Waals surface area contributed by atoms with Gasteiger partial charge in [0, 0.05) is 25.2 Å². The molecule has 2 aliphatic rings. The molecule has 0 unspecified atom stereocenters. The third-order valence-corrected chi connectivity index (χ3v) is 5.42. The average Bonchev–Trinajstić information content (AvgIpc) is 3.48. The number of halogens is 1. The summed E-state index contributed by atoms with van der Waals surface area (Å²) in [5.74, 6) is 1.20. The Morgan fingerprint density at radius 3 is 1.65 bits per heavy atom. The molecule has 6 heteroatoms. The monoisotopic (exact) mass is 361 g/mol. The van der Waals surface area contributed by atoms with Gasteiger partial charge < -0.3 is 16.0 Å². The lowest BCUT2D eigenvalue weighted by Gasteiger charge is -2.28. The van der Waals surface area contributed by atoms with Crippen LogP contribution in [0.15, 0.2) is 24.3 Å². The second kappa shape index (κ2) is 9.01. The molecule has 5 nitrogen and oxygen atoms in total. The fourth-order valence-corrected chi connectivity index (χ4v) is 3.44. The fraction of sp³-hybridized carbons (Fsp3) is 0.600. The van der Waals surface area contributed by atoms with E-state index in [-0.39, 0.29) is 17.8 Å². The van der Waals surface area contributed by atoms with E-state index < -0.39 is 0 Å². The van der Waals surface area contributed by atoms with Crippen LogP contribution < -0.4 is 16.0 Å². The molecule has 3 amide bonds. The first-order valence-electron chi connectivity index (χ1n) is 9.65. The molecule has 0 heterocycles. The van der Waals surface area contributed by atoms with Crippen molar-refractivity contribution in [2.24, 2.45) is 17.8 Å². The van der Waals surface area contributed by atoms with Gasteiger partial charge in [-0.1, -0.05) is 0 Å². The number of benzene rings is 1. The van der Waals surface area contributed by atoms with Gasteiger partial charge in [-0.05, 0) is 80.5 Å². The third-order valence-electron chi connectivity index (χ3n) is 5.42. The van der Waals surface area contributed by atoms with Crippen LogP contribution in [-0.2, 0) is 0 Å². The summed E-state index contributed by atoms with van der Waals surface area (Å²) in [6.07, 6.45) is 6.73. The Kier molecular flexibility index (Phi) is 6.47. The Bertz CT molecular complexity index is 608. The number of urea groups is 1. The Hall–Kier alpha value is -2.11. The molecule has 1 aromatic rings. The molecule has 26 heavy (non-hydrogen) atoms. The normalized spacial score (nSPS) is 22.5. The lowest BCUT2D eigenvalue weighted by Crippen LogP contribution is -2.40. The van der Waals surface area contributed by atoms with Crippen molar-refractivity contribution in [3.8, 4) is 0 Å². The Labute approximate surface area is 154 Å². The van der Waals surface area contributed by atoms with Crippen LogP contribution in [-0.4, -0.2) is 31.6 Å². The molecule has 0 saturated heterocycles. The van der Waals surface area contributed by atoms with Crippen LogP contribution in [0.4, 0.5) is 9.18 Å². The highest BCUT2D eigenvalue weighted by Gasteiger charge is 2.23. The van der Waals surface area contributed by atoms with Crippen LogP contribution in [0.25, 0.3) is 0 Å². The molecule has 3 N–H and O–H groups in total. The van der Waals surface area contributed by atoms with Crippen LogP contribution in [0.5, 0.6) is 0 Å². The summed E-state index contributed by atoms with van der Waals surface area (Å²) in [5, 5.41) is 8.85. The lowest BCUT2D eigenvalue weighted by atomic mass is 9.82. The fourth-order valence-electron chi connectivity index (χ4n) is 3.44. The van der Waals surface area contributed by atoms with E-state index in [2.05, 4.69) is 16.0 Å². The molecule has 0 aliphatic heterocycles. The van der Waals surface area contributed by atoms with Gasteiger partial charge in [-0.3, -0.25) is 4.79 Å². The van der Waals surface area contributed by atoms with Crippen molar-refractivity contribution in [3.63, 3.8) is 0 Å². The first kappa shape index (κ1) is 18.7. The van der Waals surface area contributed by atoms with E-state index in [1.54, 1.807) is 0 Å². The summed E-state index contributed by atoms with van der Waals surface area (Å²) in [7, 11) is 0. The molecular formula is C20H28FN3O2. The van der Waals surface area contributed by atoms with E-state index in [1.807, 2.05) is 0 Å². The first-order valence-corrected chi connectivity index (χ1v) is 9.65. The van der Waals surface area contributed by atoms with Crippen molar-refractivity contribution in [1.29, 1.82) is 0 Å². The minimum absolute atomic E-state index is 0.0504. The maximum Gasteiger partial charge on any atom is 0.314 e. The summed E-state index contributed by atoms with van der Waals surface area (Å²) < 4.78 is 12.9. The molecule has 2 aliphatic carbocycles. The molecule has 0 aromatic heterocycles. The number of nitrogens with one attached hydrogen (secondary N) is 3. The third kappa shape index (κ3) is 6.00. The number of carbonyl (C=O) groups excluding carboxylic acids is 2. The van der Waals surface area contributed by atoms with Gasteiger partial charge in [-0.25, -0.2) is 9.18 Å². The minimum Gasteiger partial charge on any atom is -0.352 e. The molecule has 0 bridgehead atoms. The SMILES string of the molecule is O=C(NCC1CC1)NCC1CCC(CNC(=O)c2ccc(F)cc2)CC1. The Morgan fingerprint density at radius 1 is 0.769 bits per heavy atom. The second-order valence-corrected chi connectivity index (χ2v) is 7.64. The highest BCUT2D eigenvalue weighted by Crippen LogP contribution is 2.28. The number of carbonyl (C=O) groups is 2. The van der Waals surface area contributed by atoms with E-state index >= 15 is 0 Å². The summed E-state index contributed by atoms with van der Waals surface area (Å²) >= 11 is 0. The maximum atomic E-state index is 12.9. The molecule has 142 valence electrons. The number of hydrogen-bond acceptors (Lipinski definition) is 2. The van der Waals surface area contributed by atoms with Crippen molar-refractivity contribution in [2.75, 3.05) is 19.6 Å². The van der Waals surface area contributed by atoms with Crippen molar-refractivity contribution in [3.05, 3.63) is 35.6 Å². The van der Waals surface area contributed by atoms with Crippen LogP contribution in [0.1, 0.15) is 48.9 Å². The van der Waals surface area contributed by atoms with Crippen molar-refractivity contribution < 1.29 is 14.0 Å². The van der Waals surface area contributed by atoms with E-state index in [4.69, 9.17) is 0 Å². The summed E-state index contributed by atoms with van der Waals surface area (Å²) in [6.45, 7) is 2.18. The number of rotatable bonds is 7. The van der Waals surface area contributed by atoms with Crippen molar-refractivity contribution >= 4 is 11.9 Å². The minimum atomic E-state index is -0.338. The van der Waals surface area contributed by atoms with Gasteiger partial charge in [-0.2, -0.15) is 0 Å². The second-order valence-electron chi connectivity index (χ2n) is 7.64. The molecular weight excluding hydrogens is 333 g/mol. The highest BCUT2D eigenvalue weighted by molar-refractivity contribution is 5.94. The smallest absolute Gasteiger partial charge is 0.314 e. The van der Waals surface area contributed by atoms with Gasteiger partial charge in [0.15, 0.2) is 0 Å². The van der Waals surface area contributed by atoms with E-state index in [9.17, 15) is 14.0 Å². The largest absolute Gasteiger partial charge is 0.352 e. The molecule has 2 saturated carbocycles. The molecule has 3 rings (SSSR count). The molecule has 0 atom stereocenters. The Balaban J connectivity index is 1.29. The van der Waals surface area contributed by atoms with Crippen LogP contribution in [0.3, 0.4) is 0 Å². The van der Waals surface area contributed by atoms with Gasteiger partial charge in [0.25, 0.3) is 5.91 Å². The quantitative estimate of drug-likeness (QED) is 0.698. The Morgan fingerprint density at radius 2 is 1.19 bits per heavy atom. The average molecular weight is 361 g/mol. The van der Waals surface area contributed by atoms with E-state index in [0.29, 0.717) is 29.9 Å². The predicted molar refractivity (Wildman–Crippen MR) is 98.3 cm³/mol. The number of hydrogen-bond donors (Lipinski definition) is 3. The highest BCUT2D eigenvalue weighted by atomic mass is 19.1. The van der Waals surface area contributed by atoms with Crippen LogP contribution in [0, 0.1) is 23.6 Å². The predicted octanol–water partition coefficient (Wildman–Crippen LogP) is 3.07. The van der Waals surface area contributed by atoms with E-state index in [0.717, 1.165) is 38.8 Å². The lowest BCUT2D eigenvalue weighted by molar-refractivity contribution is 0.0941. The summed E-state index contributed by atoms with van der Waals surface area (Å²) in [6, 6.07) is 5.55. The standard InChI is InChI=1S/C20H28FN3O2/c21-18-9-7-17(8-10-18)19(25)22-11-14-1-3-15(4-2-14)12-23-20(26)24-13-16-5-6-16/h7-10,14-16H,1-6,11-13H2,(H,22,25)(H2,23,24,26). The van der Waals surface area contributed by atoms with Crippen molar-refractivity contribution in [2.45, 2.75) is 38.5 Å². The zero-order valence-electron chi connectivity index (χ0n) is 15.1.